The number of aliphatic carboxylic acids is 2. The summed E-state index contributed by atoms with van der Waals surface area (Å²) in [4.78, 5) is 45.4. The number of carbonyl (C=O) groups is 2. The first-order valence-corrected chi connectivity index (χ1v) is 19.8. The van der Waals surface area contributed by atoms with Crippen molar-refractivity contribution in [2.45, 2.75) is 65.1 Å². The highest BCUT2D eigenvalue weighted by atomic mass is 35.5. The zero-order valence-corrected chi connectivity index (χ0v) is 35.2. The van der Waals surface area contributed by atoms with Crippen molar-refractivity contribution in [1.29, 1.82) is 5.26 Å². The van der Waals surface area contributed by atoms with Crippen molar-refractivity contribution in [3.8, 4) is 39.8 Å². The predicted octanol–water partition coefficient (Wildman–Crippen LogP) is 5.57. The minimum atomic E-state index is -1.63. The molecule has 0 amide bonds. The summed E-state index contributed by atoms with van der Waals surface area (Å²) >= 11 is 6.76. The number of nitrogens with one attached hydrogen (secondary N) is 2. The smallest absolute Gasteiger partial charge is 0.326 e. The van der Waals surface area contributed by atoms with Crippen LogP contribution in [0.15, 0.2) is 96.3 Å². The maximum absolute atomic E-state index is 13.3. The van der Waals surface area contributed by atoms with Crippen molar-refractivity contribution < 1.29 is 39.5 Å². The van der Waals surface area contributed by atoms with Crippen molar-refractivity contribution in [3.05, 3.63) is 146 Å². The SMILES string of the molecule is Cc1c(COc2cc(OCc3cncc(C#N)c3)c(CN[C@](C)(CO)C(=O)O)cc2Cl)cccc1-c1cccc(-c2ccn3c(=O)c(CN[C@@](C)(CO)C(=O)O)cnc3c2)c1C. The Labute approximate surface area is 361 Å². The Hall–Kier alpha value is -6.67. The van der Waals surface area contributed by atoms with Gasteiger partial charge in [0.15, 0.2) is 0 Å². The lowest BCUT2D eigenvalue weighted by molar-refractivity contribution is -0.146. The molecule has 15 nitrogen and oxygen atoms in total. The van der Waals surface area contributed by atoms with Gasteiger partial charge in [-0.05, 0) is 90.9 Å². The van der Waals surface area contributed by atoms with E-state index < -0.39 is 36.2 Å². The Morgan fingerprint density at radius 3 is 2.08 bits per heavy atom. The van der Waals surface area contributed by atoms with Crippen LogP contribution < -0.4 is 25.7 Å². The summed E-state index contributed by atoms with van der Waals surface area (Å²) in [7, 11) is 0. The Morgan fingerprint density at radius 1 is 0.790 bits per heavy atom. The van der Waals surface area contributed by atoms with E-state index in [1.165, 1.54) is 30.6 Å². The van der Waals surface area contributed by atoms with Gasteiger partial charge >= 0.3 is 11.9 Å². The fraction of sp³-hybridized carbons (Fsp3) is 0.261. The van der Waals surface area contributed by atoms with E-state index in [0.29, 0.717) is 33.8 Å². The number of pyridine rings is 2. The Balaban J connectivity index is 1.25. The third-order valence-corrected chi connectivity index (χ3v) is 11.2. The predicted molar refractivity (Wildman–Crippen MR) is 231 cm³/mol. The first-order chi connectivity index (χ1) is 29.6. The topological polar surface area (TPSA) is 229 Å². The number of aromatic nitrogens is 3. The molecular formula is C46H45ClN6O9. The van der Waals surface area contributed by atoms with Crippen LogP contribution in [0.2, 0.25) is 5.02 Å². The van der Waals surface area contributed by atoms with E-state index in [9.17, 15) is 40.1 Å². The summed E-state index contributed by atoms with van der Waals surface area (Å²) in [6.45, 7) is 5.50. The van der Waals surface area contributed by atoms with Crippen molar-refractivity contribution in [2.24, 2.45) is 0 Å². The minimum Gasteiger partial charge on any atom is -0.488 e. The molecule has 0 aliphatic heterocycles. The van der Waals surface area contributed by atoms with Crippen LogP contribution in [-0.2, 0) is 35.9 Å². The van der Waals surface area contributed by atoms with Crippen LogP contribution in [0.1, 0.15) is 52.8 Å². The summed E-state index contributed by atoms with van der Waals surface area (Å²) in [5.41, 5.74) is 5.13. The molecule has 0 spiro atoms. The van der Waals surface area contributed by atoms with Crippen LogP contribution in [0.25, 0.3) is 27.9 Å². The Kier molecular flexibility index (Phi) is 13.7. The van der Waals surface area contributed by atoms with Crippen molar-refractivity contribution >= 4 is 29.2 Å². The van der Waals surface area contributed by atoms with Gasteiger partial charge in [0, 0.05) is 55.1 Å². The quantitative estimate of drug-likeness (QED) is 0.0621. The molecule has 3 aromatic carbocycles. The lowest BCUT2D eigenvalue weighted by Gasteiger charge is -2.25. The average Bonchev–Trinajstić information content (AvgIpc) is 3.27. The lowest BCUT2D eigenvalue weighted by Crippen LogP contribution is -2.52. The van der Waals surface area contributed by atoms with E-state index in [4.69, 9.17) is 21.1 Å². The number of hydrogen-bond acceptors (Lipinski definition) is 12. The number of aliphatic hydroxyl groups excluding tert-OH is 2. The summed E-state index contributed by atoms with van der Waals surface area (Å²) in [6, 6.07) is 22.5. The van der Waals surface area contributed by atoms with Gasteiger partial charge in [-0.1, -0.05) is 48.0 Å². The van der Waals surface area contributed by atoms with Crippen molar-refractivity contribution in [1.82, 2.24) is 25.0 Å². The normalized spacial score (nSPS) is 13.2. The van der Waals surface area contributed by atoms with Gasteiger partial charge in [0.05, 0.1) is 29.4 Å². The van der Waals surface area contributed by atoms with Gasteiger partial charge in [0.25, 0.3) is 5.56 Å². The molecule has 0 unspecified atom stereocenters. The zero-order chi connectivity index (χ0) is 44.8. The van der Waals surface area contributed by atoms with Crippen LogP contribution in [0, 0.1) is 25.2 Å². The highest BCUT2D eigenvalue weighted by Gasteiger charge is 2.33. The number of nitrogens with zero attached hydrogens (tertiary/aromatic N) is 4. The molecule has 62 heavy (non-hydrogen) atoms. The van der Waals surface area contributed by atoms with Gasteiger partial charge in [-0.25, -0.2) is 4.98 Å². The number of carboxylic acids is 2. The number of hydrogen-bond donors (Lipinski definition) is 6. The zero-order valence-electron chi connectivity index (χ0n) is 34.4. The molecule has 0 radical (unpaired) electrons. The van der Waals surface area contributed by atoms with Crippen molar-refractivity contribution in [3.63, 3.8) is 0 Å². The second kappa shape index (κ2) is 18.9. The third-order valence-electron chi connectivity index (χ3n) is 10.9. The molecule has 320 valence electrons. The van der Waals surface area contributed by atoms with E-state index in [1.54, 1.807) is 30.6 Å². The van der Waals surface area contributed by atoms with Gasteiger partial charge in [-0.2, -0.15) is 5.26 Å². The molecule has 16 heteroatoms. The van der Waals surface area contributed by atoms with Gasteiger partial charge in [0.2, 0.25) is 0 Å². The maximum Gasteiger partial charge on any atom is 0.326 e. The number of benzene rings is 3. The molecular weight excluding hydrogens is 816 g/mol. The maximum atomic E-state index is 13.3. The fourth-order valence-electron chi connectivity index (χ4n) is 6.66. The van der Waals surface area contributed by atoms with Gasteiger partial charge in [-0.3, -0.25) is 34.4 Å². The highest BCUT2D eigenvalue weighted by molar-refractivity contribution is 6.32. The molecule has 3 heterocycles. The fourth-order valence-corrected chi connectivity index (χ4v) is 6.90. The van der Waals surface area contributed by atoms with E-state index in [1.807, 2.05) is 62.4 Å². The van der Waals surface area contributed by atoms with Crippen LogP contribution in [0.4, 0.5) is 0 Å². The van der Waals surface area contributed by atoms with E-state index in [0.717, 1.165) is 38.9 Å². The molecule has 0 aliphatic carbocycles. The van der Waals surface area contributed by atoms with Crippen LogP contribution in [-0.4, -0.2) is 71.0 Å². The molecule has 0 aliphatic rings. The average molecular weight is 861 g/mol. The molecule has 0 saturated heterocycles. The Morgan fingerprint density at radius 2 is 1.42 bits per heavy atom. The third kappa shape index (κ3) is 9.60. The summed E-state index contributed by atoms with van der Waals surface area (Å²) < 4.78 is 13.9. The molecule has 0 saturated carbocycles. The molecule has 3 aromatic heterocycles. The monoisotopic (exact) mass is 860 g/mol. The molecule has 2 atom stereocenters. The van der Waals surface area contributed by atoms with Crippen LogP contribution >= 0.6 is 11.6 Å². The summed E-state index contributed by atoms with van der Waals surface area (Å²) in [6.07, 6.45) is 6.06. The number of ether oxygens (including phenoxy) is 2. The van der Waals surface area contributed by atoms with Gasteiger partial charge < -0.3 is 29.9 Å². The molecule has 0 fully saturated rings. The highest BCUT2D eigenvalue weighted by Crippen LogP contribution is 2.37. The summed E-state index contributed by atoms with van der Waals surface area (Å²) in [5, 5.41) is 53.7. The van der Waals surface area contributed by atoms with E-state index >= 15 is 0 Å². The standard InChI is InChI=1S/C46H45ClN6O9/c1-27-32(24-62-40-16-39(61-23-30-13-29(17-48)18-49-19-30)33(14-38(40)47)21-51-45(3,25-54)43(57)58)7-5-9-36(27)37-10-6-8-35(28(37)2)31-11-12-53-41(15-31)50-20-34(42(53)56)22-52-46(4,26-55)44(59)60/h5-16,18-20,51-52,54-55H,21-26H2,1-4H3,(H,57,58)(H,59,60)/t45-,46+/m1/s1. The molecule has 6 rings (SSSR count). The van der Waals surface area contributed by atoms with Gasteiger partial charge in [0.1, 0.15) is 47.5 Å². The number of fused-ring (bicyclic) bond motifs is 1. The Bertz CT molecular complexity index is 2770. The summed E-state index contributed by atoms with van der Waals surface area (Å²) in [5.74, 6) is -1.81. The lowest BCUT2D eigenvalue weighted by atomic mass is 9.90. The van der Waals surface area contributed by atoms with Crippen LogP contribution in [0.3, 0.4) is 0 Å². The molecule has 0 bridgehead atoms. The number of rotatable bonds is 18. The van der Waals surface area contributed by atoms with E-state index in [2.05, 4.69) is 26.7 Å². The first kappa shape index (κ1) is 44.9. The van der Waals surface area contributed by atoms with Gasteiger partial charge in [-0.15, -0.1) is 0 Å². The van der Waals surface area contributed by atoms with Crippen LogP contribution in [0.5, 0.6) is 11.5 Å². The second-order valence-corrected chi connectivity index (χ2v) is 15.7. The largest absolute Gasteiger partial charge is 0.488 e. The second-order valence-electron chi connectivity index (χ2n) is 15.3. The number of aliphatic hydroxyl groups is 2. The van der Waals surface area contributed by atoms with E-state index in [-0.39, 0.29) is 42.4 Å². The number of carboxylic acid groups (broad SMARTS) is 2. The van der Waals surface area contributed by atoms with Crippen molar-refractivity contribution in [2.75, 3.05) is 13.2 Å². The molecule has 6 aromatic rings. The first-order valence-electron chi connectivity index (χ1n) is 19.4. The number of nitriles is 1. The number of halogens is 1. The minimum absolute atomic E-state index is 0.0104. The molecule has 6 N–H and O–H groups in total.